The molecule has 4 heteroatoms. The Kier molecular flexibility index (Phi) is 2.44. The fraction of sp³-hybridized carbons (Fsp3) is 0. The summed E-state index contributed by atoms with van der Waals surface area (Å²) in [5.41, 5.74) is 0. The smallest absolute Gasteiger partial charge is 0.400 e. The van der Waals surface area contributed by atoms with Crippen molar-refractivity contribution < 1.29 is 13.9 Å². The molecule has 0 amide bonds. The van der Waals surface area contributed by atoms with E-state index >= 15 is 0 Å². The average Bonchev–Trinajstić information content (AvgIpc) is 1.93. The highest BCUT2D eigenvalue weighted by molar-refractivity contribution is 6.32. The first-order valence-electron chi connectivity index (χ1n) is 2.82. The Morgan fingerprint density at radius 3 is 2.64 bits per heavy atom. The monoisotopic (exact) mass is 174 g/mol. The van der Waals surface area contributed by atoms with Crippen LogP contribution in [0, 0.1) is 0 Å². The maximum Gasteiger partial charge on any atom is 0.501 e. The first-order chi connectivity index (χ1) is 5.20. The molecule has 0 radical (unpaired) electrons. The van der Waals surface area contributed by atoms with Gasteiger partial charge in [0.25, 0.3) is 0 Å². The molecule has 0 bridgehead atoms. The van der Waals surface area contributed by atoms with Gasteiger partial charge in [0.15, 0.2) is 5.75 Å². The second kappa shape index (κ2) is 3.34. The largest absolute Gasteiger partial charge is 0.501 e. The quantitative estimate of drug-likeness (QED) is 0.612. The zero-order valence-electron chi connectivity index (χ0n) is 5.38. The number of carbonyl (C=O) groups is 1. The fourth-order valence-corrected chi connectivity index (χ4v) is 0.788. The minimum absolute atomic E-state index is 0.0293. The van der Waals surface area contributed by atoms with Crippen LogP contribution in [0.5, 0.6) is 5.75 Å². The summed E-state index contributed by atoms with van der Waals surface area (Å²) >= 11 is 5.52. The van der Waals surface area contributed by atoms with E-state index in [2.05, 4.69) is 4.74 Å². The molecule has 0 aliphatic carbocycles. The van der Waals surface area contributed by atoms with Gasteiger partial charge >= 0.3 is 6.22 Å². The molecule has 0 fully saturated rings. The summed E-state index contributed by atoms with van der Waals surface area (Å²) in [5, 5.41) is 0.207. The molecule has 0 heterocycles. The van der Waals surface area contributed by atoms with Gasteiger partial charge in [-0.15, -0.1) is 4.39 Å². The molecule has 0 N–H and O–H groups in total. The zero-order chi connectivity index (χ0) is 8.27. The van der Waals surface area contributed by atoms with Crippen molar-refractivity contribution in [1.29, 1.82) is 0 Å². The Labute approximate surface area is 67.5 Å². The van der Waals surface area contributed by atoms with Crippen LogP contribution in [-0.4, -0.2) is 6.22 Å². The molecular weight excluding hydrogens is 171 g/mol. The Balaban J connectivity index is 2.86. The van der Waals surface area contributed by atoms with Crippen LogP contribution in [0.4, 0.5) is 9.18 Å². The number of para-hydroxylation sites is 1. The van der Waals surface area contributed by atoms with Crippen LogP contribution in [-0.2, 0) is 0 Å². The van der Waals surface area contributed by atoms with E-state index in [4.69, 9.17) is 11.6 Å². The van der Waals surface area contributed by atoms with E-state index in [0.717, 1.165) is 0 Å². The molecule has 58 valence electrons. The highest BCUT2D eigenvalue weighted by Crippen LogP contribution is 2.23. The molecule has 0 unspecified atom stereocenters. The van der Waals surface area contributed by atoms with E-state index < -0.39 is 6.22 Å². The summed E-state index contributed by atoms with van der Waals surface area (Å²) in [6.45, 7) is 0. The van der Waals surface area contributed by atoms with Crippen molar-refractivity contribution in [2.75, 3.05) is 0 Å². The number of rotatable bonds is 1. The van der Waals surface area contributed by atoms with Gasteiger partial charge in [-0.05, 0) is 12.1 Å². The number of hydrogen-bond acceptors (Lipinski definition) is 2. The third kappa shape index (κ3) is 2.20. The first-order valence-corrected chi connectivity index (χ1v) is 3.20. The molecule has 11 heavy (non-hydrogen) atoms. The average molecular weight is 175 g/mol. The van der Waals surface area contributed by atoms with Crippen molar-refractivity contribution in [1.82, 2.24) is 0 Å². The highest BCUT2D eigenvalue weighted by atomic mass is 35.5. The first kappa shape index (κ1) is 8.01. The van der Waals surface area contributed by atoms with Crippen LogP contribution in [0.3, 0.4) is 0 Å². The standard InChI is InChI=1S/C7H4ClFO2/c8-5-3-1-2-4-6(5)11-7(9)10/h1-4H. The van der Waals surface area contributed by atoms with Gasteiger partial charge in [-0.1, -0.05) is 23.7 Å². The lowest BCUT2D eigenvalue weighted by Gasteiger charge is -1.98. The lowest BCUT2D eigenvalue weighted by Crippen LogP contribution is -1.97. The predicted molar refractivity (Wildman–Crippen MR) is 38.6 cm³/mol. The maximum absolute atomic E-state index is 11.6. The fourth-order valence-electron chi connectivity index (χ4n) is 0.614. The van der Waals surface area contributed by atoms with Gasteiger partial charge < -0.3 is 4.74 Å². The molecule has 0 aromatic heterocycles. The van der Waals surface area contributed by atoms with Crippen LogP contribution in [0.15, 0.2) is 24.3 Å². The second-order valence-electron chi connectivity index (χ2n) is 1.77. The summed E-state index contributed by atoms with van der Waals surface area (Å²) in [6.07, 6.45) is -1.86. The van der Waals surface area contributed by atoms with Gasteiger partial charge in [0, 0.05) is 0 Å². The van der Waals surface area contributed by atoms with E-state index in [9.17, 15) is 9.18 Å². The molecule has 0 spiro atoms. The Bertz CT molecular complexity index is 275. The SMILES string of the molecule is O=C(F)Oc1ccccc1Cl. The third-order valence-corrected chi connectivity index (χ3v) is 1.34. The molecule has 2 nitrogen and oxygen atoms in total. The van der Waals surface area contributed by atoms with Crippen LogP contribution < -0.4 is 4.74 Å². The summed E-state index contributed by atoms with van der Waals surface area (Å²) in [7, 11) is 0. The van der Waals surface area contributed by atoms with Gasteiger partial charge in [-0.3, -0.25) is 0 Å². The van der Waals surface area contributed by atoms with Crippen molar-refractivity contribution >= 4 is 17.8 Å². The second-order valence-corrected chi connectivity index (χ2v) is 2.18. The Morgan fingerprint density at radius 1 is 1.45 bits per heavy atom. The van der Waals surface area contributed by atoms with Crippen LogP contribution in [0.25, 0.3) is 0 Å². The maximum atomic E-state index is 11.6. The molecule has 1 aromatic carbocycles. The van der Waals surface area contributed by atoms with Crippen LogP contribution in [0.1, 0.15) is 0 Å². The lowest BCUT2D eigenvalue weighted by molar-refractivity contribution is 0.175. The van der Waals surface area contributed by atoms with E-state index in [1.807, 2.05) is 0 Å². The molecule has 1 aromatic rings. The van der Waals surface area contributed by atoms with Gasteiger partial charge in [0.05, 0.1) is 5.02 Å². The van der Waals surface area contributed by atoms with Gasteiger partial charge in [-0.2, -0.15) is 0 Å². The molecule has 0 atom stereocenters. The van der Waals surface area contributed by atoms with E-state index in [1.54, 1.807) is 12.1 Å². The van der Waals surface area contributed by atoms with Gasteiger partial charge in [0.1, 0.15) is 0 Å². The molecule has 0 aliphatic heterocycles. The van der Waals surface area contributed by atoms with E-state index in [-0.39, 0.29) is 10.8 Å². The van der Waals surface area contributed by atoms with Crippen molar-refractivity contribution in [3.05, 3.63) is 29.3 Å². The third-order valence-electron chi connectivity index (χ3n) is 1.03. The van der Waals surface area contributed by atoms with Crippen LogP contribution >= 0.6 is 11.6 Å². The van der Waals surface area contributed by atoms with Gasteiger partial charge in [0.2, 0.25) is 0 Å². The summed E-state index contributed by atoms with van der Waals surface area (Å²) in [6, 6.07) is 6.14. The summed E-state index contributed by atoms with van der Waals surface area (Å²) in [4.78, 5) is 9.82. The summed E-state index contributed by atoms with van der Waals surface area (Å²) in [5.74, 6) is 0.0293. The summed E-state index contributed by atoms with van der Waals surface area (Å²) < 4.78 is 15.8. The topological polar surface area (TPSA) is 26.3 Å². The van der Waals surface area contributed by atoms with E-state index in [0.29, 0.717) is 0 Å². The molecule has 1 rings (SSSR count). The van der Waals surface area contributed by atoms with Crippen LogP contribution in [0.2, 0.25) is 5.02 Å². The Morgan fingerprint density at radius 2 is 2.09 bits per heavy atom. The number of ether oxygens (including phenoxy) is 1. The minimum atomic E-state index is -1.86. The normalized spacial score (nSPS) is 9.27. The van der Waals surface area contributed by atoms with Crippen molar-refractivity contribution in [3.8, 4) is 5.75 Å². The number of benzene rings is 1. The van der Waals surface area contributed by atoms with E-state index in [1.165, 1.54) is 12.1 Å². The zero-order valence-corrected chi connectivity index (χ0v) is 6.14. The highest BCUT2D eigenvalue weighted by Gasteiger charge is 2.04. The molecule has 0 saturated heterocycles. The molecular formula is C7H4ClFO2. The lowest BCUT2D eigenvalue weighted by atomic mass is 10.3. The van der Waals surface area contributed by atoms with Crippen molar-refractivity contribution in [3.63, 3.8) is 0 Å². The van der Waals surface area contributed by atoms with Gasteiger partial charge in [-0.25, -0.2) is 4.79 Å². The predicted octanol–water partition coefficient (Wildman–Crippen LogP) is 2.81. The molecule has 0 saturated carbocycles. The number of halogens is 2. The van der Waals surface area contributed by atoms with Crippen molar-refractivity contribution in [2.45, 2.75) is 0 Å². The molecule has 0 aliphatic rings. The number of hydrogen-bond donors (Lipinski definition) is 0. The minimum Gasteiger partial charge on any atom is -0.400 e. The van der Waals surface area contributed by atoms with Crippen molar-refractivity contribution in [2.24, 2.45) is 0 Å². The number of carbonyl (C=O) groups excluding carboxylic acids is 1. The Hall–Kier alpha value is -1.09.